The Hall–Kier alpha value is -3.48. The molecule has 1 amide bonds. The highest BCUT2D eigenvalue weighted by Gasteiger charge is 2.45. The molecule has 7 heteroatoms. The van der Waals surface area contributed by atoms with Crippen LogP contribution in [0.1, 0.15) is 63.6 Å². The zero-order valence-electron chi connectivity index (χ0n) is 21.0. The number of hydrogen-bond acceptors (Lipinski definition) is 6. The number of aliphatic hydroxyl groups excluding tert-OH is 1. The van der Waals surface area contributed by atoms with E-state index < -0.39 is 17.7 Å². The summed E-state index contributed by atoms with van der Waals surface area (Å²) in [7, 11) is 1.54. The van der Waals surface area contributed by atoms with E-state index in [0.29, 0.717) is 54.6 Å². The fourth-order valence-electron chi connectivity index (χ4n) is 4.23. The number of rotatable bonds is 12. The summed E-state index contributed by atoms with van der Waals surface area (Å²) in [6, 6.07) is 11.5. The van der Waals surface area contributed by atoms with Gasteiger partial charge in [-0.25, -0.2) is 0 Å². The zero-order valence-corrected chi connectivity index (χ0v) is 21.0. The number of Topliss-reactive ketones (excluding diaryl/α,β-unsaturated/α-hetero) is 1. The van der Waals surface area contributed by atoms with Crippen LogP contribution in [0.5, 0.6) is 17.2 Å². The van der Waals surface area contributed by atoms with Crippen LogP contribution in [0.4, 0.5) is 0 Å². The van der Waals surface area contributed by atoms with Crippen LogP contribution in [0.2, 0.25) is 0 Å². The first-order valence-corrected chi connectivity index (χ1v) is 12.3. The van der Waals surface area contributed by atoms with Crippen molar-refractivity contribution in [2.75, 3.05) is 26.9 Å². The SMILES string of the molecule is CCCCCOc1ccc(/C(O)=C2/C(=O)C(=O)N(CCC)C2c2ccc(OCC)c(OC)c2)cc1. The Kier molecular flexibility index (Phi) is 9.18. The maximum atomic E-state index is 13.1. The van der Waals surface area contributed by atoms with Gasteiger partial charge >= 0.3 is 0 Å². The minimum atomic E-state index is -0.732. The van der Waals surface area contributed by atoms with E-state index in [-0.39, 0.29) is 11.3 Å². The second-order valence-corrected chi connectivity index (χ2v) is 8.42. The van der Waals surface area contributed by atoms with E-state index in [1.165, 1.54) is 12.0 Å². The molecule has 0 radical (unpaired) electrons. The van der Waals surface area contributed by atoms with Gasteiger partial charge in [-0.1, -0.05) is 32.8 Å². The lowest BCUT2D eigenvalue weighted by Gasteiger charge is -2.25. The maximum absolute atomic E-state index is 13.1. The number of ether oxygens (including phenoxy) is 3. The molecule has 7 nitrogen and oxygen atoms in total. The fourth-order valence-corrected chi connectivity index (χ4v) is 4.23. The topological polar surface area (TPSA) is 85.3 Å². The molecule has 1 atom stereocenters. The first kappa shape index (κ1) is 26.1. The molecule has 35 heavy (non-hydrogen) atoms. The highest BCUT2D eigenvalue weighted by molar-refractivity contribution is 6.46. The molecule has 2 aromatic carbocycles. The summed E-state index contributed by atoms with van der Waals surface area (Å²) in [6.45, 7) is 7.44. The number of unbranched alkanes of at least 4 members (excludes halogenated alkanes) is 2. The van der Waals surface area contributed by atoms with Crippen molar-refractivity contribution in [3.63, 3.8) is 0 Å². The van der Waals surface area contributed by atoms with Crippen molar-refractivity contribution in [2.45, 2.75) is 52.5 Å². The third-order valence-electron chi connectivity index (χ3n) is 5.95. The number of benzene rings is 2. The summed E-state index contributed by atoms with van der Waals surface area (Å²) in [6.07, 6.45) is 3.87. The molecule has 0 spiro atoms. The van der Waals surface area contributed by atoms with E-state index >= 15 is 0 Å². The lowest BCUT2D eigenvalue weighted by molar-refractivity contribution is -0.139. The average Bonchev–Trinajstić information content (AvgIpc) is 3.12. The summed E-state index contributed by atoms with van der Waals surface area (Å²) in [5, 5.41) is 11.2. The molecular formula is C28H35NO6. The lowest BCUT2D eigenvalue weighted by atomic mass is 9.95. The van der Waals surface area contributed by atoms with E-state index in [9.17, 15) is 14.7 Å². The molecule has 0 bridgehead atoms. The van der Waals surface area contributed by atoms with Gasteiger partial charge in [0, 0.05) is 12.1 Å². The number of ketones is 1. The van der Waals surface area contributed by atoms with Crippen LogP contribution >= 0.6 is 0 Å². The number of aliphatic hydroxyl groups is 1. The van der Waals surface area contributed by atoms with Gasteiger partial charge in [-0.05, 0) is 61.7 Å². The van der Waals surface area contributed by atoms with Crippen LogP contribution in [0.15, 0.2) is 48.0 Å². The summed E-state index contributed by atoms with van der Waals surface area (Å²) < 4.78 is 16.8. The summed E-state index contributed by atoms with van der Waals surface area (Å²) in [4.78, 5) is 27.5. The largest absolute Gasteiger partial charge is 0.507 e. The van der Waals surface area contributed by atoms with Crippen molar-refractivity contribution in [3.8, 4) is 17.2 Å². The first-order chi connectivity index (χ1) is 17.0. The molecule has 1 heterocycles. The fraction of sp³-hybridized carbons (Fsp3) is 0.429. The van der Waals surface area contributed by atoms with Crippen molar-refractivity contribution in [2.24, 2.45) is 0 Å². The molecule has 188 valence electrons. The van der Waals surface area contributed by atoms with Crippen LogP contribution < -0.4 is 14.2 Å². The number of amides is 1. The third kappa shape index (κ3) is 5.78. The Bertz CT molecular complexity index is 1060. The molecule has 2 aromatic rings. The molecular weight excluding hydrogens is 446 g/mol. The van der Waals surface area contributed by atoms with E-state index in [4.69, 9.17) is 14.2 Å². The van der Waals surface area contributed by atoms with Crippen molar-refractivity contribution in [1.82, 2.24) is 4.90 Å². The molecule has 1 N–H and O–H groups in total. The normalized spacial score (nSPS) is 17.0. The molecule has 1 unspecified atom stereocenters. The van der Waals surface area contributed by atoms with Crippen molar-refractivity contribution < 1.29 is 28.9 Å². The minimum Gasteiger partial charge on any atom is -0.507 e. The number of carbonyl (C=O) groups is 2. The summed E-state index contributed by atoms with van der Waals surface area (Å²) in [5.41, 5.74) is 1.17. The van der Waals surface area contributed by atoms with Gasteiger partial charge in [-0.2, -0.15) is 0 Å². The van der Waals surface area contributed by atoms with Crippen molar-refractivity contribution in [3.05, 3.63) is 59.2 Å². The van der Waals surface area contributed by atoms with Crippen LogP contribution in [-0.2, 0) is 9.59 Å². The number of methoxy groups -OCH3 is 1. The Morgan fingerprint density at radius 3 is 2.31 bits per heavy atom. The number of likely N-dealkylation sites (tertiary alicyclic amines) is 1. The van der Waals surface area contributed by atoms with Crippen LogP contribution in [0.25, 0.3) is 5.76 Å². The van der Waals surface area contributed by atoms with Gasteiger partial charge in [0.15, 0.2) is 11.5 Å². The minimum absolute atomic E-state index is 0.0614. The van der Waals surface area contributed by atoms with Gasteiger partial charge in [0.05, 0.1) is 31.9 Å². The number of nitrogens with zero attached hydrogens (tertiary/aromatic N) is 1. The van der Waals surface area contributed by atoms with Crippen molar-refractivity contribution in [1.29, 1.82) is 0 Å². The maximum Gasteiger partial charge on any atom is 0.295 e. The highest BCUT2D eigenvalue weighted by atomic mass is 16.5. The van der Waals surface area contributed by atoms with E-state index in [0.717, 1.165) is 19.3 Å². The molecule has 1 aliphatic rings. The average molecular weight is 482 g/mol. The predicted molar refractivity (Wildman–Crippen MR) is 135 cm³/mol. The monoisotopic (exact) mass is 481 g/mol. The van der Waals surface area contributed by atoms with Gasteiger partial charge in [0.2, 0.25) is 0 Å². The predicted octanol–water partition coefficient (Wildman–Crippen LogP) is 5.49. The van der Waals surface area contributed by atoms with Gasteiger partial charge in [-0.3, -0.25) is 9.59 Å². The van der Waals surface area contributed by atoms with Crippen LogP contribution in [-0.4, -0.2) is 48.6 Å². The molecule has 0 saturated carbocycles. The third-order valence-corrected chi connectivity index (χ3v) is 5.95. The second kappa shape index (κ2) is 12.3. The Morgan fingerprint density at radius 1 is 0.943 bits per heavy atom. The molecule has 1 saturated heterocycles. The van der Waals surface area contributed by atoms with Gasteiger partial charge in [0.1, 0.15) is 11.5 Å². The molecule has 0 aromatic heterocycles. The van der Waals surface area contributed by atoms with E-state index in [2.05, 4.69) is 6.92 Å². The smallest absolute Gasteiger partial charge is 0.295 e. The van der Waals surface area contributed by atoms with Gasteiger partial charge in [0.25, 0.3) is 11.7 Å². The lowest BCUT2D eigenvalue weighted by Crippen LogP contribution is -2.30. The molecule has 1 fully saturated rings. The Labute approximate surface area is 207 Å². The Balaban J connectivity index is 2.00. The van der Waals surface area contributed by atoms with E-state index in [1.807, 2.05) is 13.8 Å². The number of carbonyl (C=O) groups excluding carboxylic acids is 2. The zero-order chi connectivity index (χ0) is 25.4. The summed E-state index contributed by atoms with van der Waals surface area (Å²) in [5.74, 6) is 0.224. The molecule has 1 aliphatic heterocycles. The summed E-state index contributed by atoms with van der Waals surface area (Å²) >= 11 is 0. The van der Waals surface area contributed by atoms with Gasteiger partial charge in [-0.15, -0.1) is 0 Å². The quantitative estimate of drug-likeness (QED) is 0.187. The van der Waals surface area contributed by atoms with E-state index in [1.54, 1.807) is 42.5 Å². The molecule has 0 aliphatic carbocycles. The highest BCUT2D eigenvalue weighted by Crippen LogP contribution is 2.42. The molecule has 3 rings (SSSR count). The van der Waals surface area contributed by atoms with Gasteiger partial charge < -0.3 is 24.2 Å². The van der Waals surface area contributed by atoms with Crippen LogP contribution in [0, 0.1) is 0 Å². The number of hydrogen-bond donors (Lipinski definition) is 1. The van der Waals surface area contributed by atoms with Crippen LogP contribution in [0.3, 0.4) is 0 Å². The Morgan fingerprint density at radius 2 is 1.69 bits per heavy atom. The standard InChI is InChI=1S/C28H35NO6/c1-5-8-9-17-35-21-13-10-19(11-14-21)26(30)24-25(29(16-6-2)28(32)27(24)31)20-12-15-22(34-7-3)23(18-20)33-4/h10-15,18,25,30H,5-9,16-17H2,1-4H3/b26-24-. The first-order valence-electron chi connectivity index (χ1n) is 12.3. The van der Waals surface area contributed by atoms with Crippen molar-refractivity contribution >= 4 is 17.4 Å². The second-order valence-electron chi connectivity index (χ2n) is 8.42.